The van der Waals surface area contributed by atoms with Gasteiger partial charge in [-0.1, -0.05) is 6.92 Å². The van der Waals surface area contributed by atoms with Crippen molar-refractivity contribution in [2.24, 2.45) is 0 Å². The largest absolute Gasteiger partial charge is 0.481 e. The molecule has 0 amide bonds. The van der Waals surface area contributed by atoms with E-state index in [1.54, 1.807) is 0 Å². The molecule has 0 spiro atoms. The molecule has 0 aromatic heterocycles. The molecule has 0 saturated carbocycles. The summed E-state index contributed by atoms with van der Waals surface area (Å²) < 4.78 is 4.33. The smallest absolute Gasteiger partial charge is 0.336 e. The number of ether oxygens (including phenoxy) is 1. The Morgan fingerprint density at radius 2 is 1.76 bits per heavy atom. The SMILES string of the molecule is CCC(O)OC(=O)CC(O)(CC(=O)O)C(=O)O. The van der Waals surface area contributed by atoms with Crippen LogP contribution in [0.15, 0.2) is 0 Å². The van der Waals surface area contributed by atoms with Crippen LogP contribution >= 0.6 is 0 Å². The summed E-state index contributed by atoms with van der Waals surface area (Å²) in [4.78, 5) is 32.1. The van der Waals surface area contributed by atoms with Gasteiger partial charge in [0.1, 0.15) is 0 Å². The maximum atomic E-state index is 11.1. The van der Waals surface area contributed by atoms with Crippen LogP contribution in [0.5, 0.6) is 0 Å². The van der Waals surface area contributed by atoms with Gasteiger partial charge in [0.15, 0.2) is 11.9 Å². The van der Waals surface area contributed by atoms with Gasteiger partial charge in [0.25, 0.3) is 0 Å². The molecule has 0 heterocycles. The number of esters is 1. The van der Waals surface area contributed by atoms with Crippen LogP contribution in [0.1, 0.15) is 26.2 Å². The molecule has 8 heteroatoms. The molecule has 0 saturated heterocycles. The Morgan fingerprint density at radius 1 is 1.24 bits per heavy atom. The van der Waals surface area contributed by atoms with E-state index in [9.17, 15) is 19.5 Å². The Hall–Kier alpha value is -1.67. The number of carboxylic acid groups (broad SMARTS) is 2. The number of aliphatic hydroxyl groups is 2. The molecule has 17 heavy (non-hydrogen) atoms. The van der Waals surface area contributed by atoms with E-state index in [0.717, 1.165) is 0 Å². The molecule has 0 aliphatic heterocycles. The van der Waals surface area contributed by atoms with Crippen molar-refractivity contribution < 1.29 is 39.5 Å². The summed E-state index contributed by atoms with van der Waals surface area (Å²) in [7, 11) is 0. The van der Waals surface area contributed by atoms with Gasteiger partial charge in [-0.3, -0.25) is 9.59 Å². The number of aliphatic hydroxyl groups excluding tert-OH is 1. The second-order valence-electron chi connectivity index (χ2n) is 3.44. The minimum absolute atomic E-state index is 0.0934. The second-order valence-corrected chi connectivity index (χ2v) is 3.44. The topological polar surface area (TPSA) is 141 Å². The third kappa shape index (κ3) is 5.27. The molecule has 0 fully saturated rings. The molecule has 0 aromatic carbocycles. The van der Waals surface area contributed by atoms with E-state index in [0.29, 0.717) is 0 Å². The van der Waals surface area contributed by atoms with Crippen LogP contribution in [0.4, 0.5) is 0 Å². The number of carbonyl (C=O) groups excluding carboxylic acids is 1. The van der Waals surface area contributed by atoms with Crippen molar-refractivity contribution in [3.8, 4) is 0 Å². The van der Waals surface area contributed by atoms with Crippen molar-refractivity contribution in [1.82, 2.24) is 0 Å². The highest BCUT2D eigenvalue weighted by atomic mass is 16.6. The van der Waals surface area contributed by atoms with Crippen LogP contribution in [0.25, 0.3) is 0 Å². The van der Waals surface area contributed by atoms with E-state index in [4.69, 9.17) is 15.3 Å². The van der Waals surface area contributed by atoms with Crippen LogP contribution in [0, 0.1) is 0 Å². The van der Waals surface area contributed by atoms with Crippen molar-refractivity contribution in [3.63, 3.8) is 0 Å². The molecule has 2 unspecified atom stereocenters. The summed E-state index contributed by atoms with van der Waals surface area (Å²) in [5, 5.41) is 35.5. The zero-order valence-electron chi connectivity index (χ0n) is 9.12. The van der Waals surface area contributed by atoms with Crippen molar-refractivity contribution in [1.29, 1.82) is 0 Å². The van der Waals surface area contributed by atoms with Crippen LogP contribution in [-0.2, 0) is 19.1 Å². The summed E-state index contributed by atoms with van der Waals surface area (Å²) in [6.07, 6.45) is -3.51. The molecule has 98 valence electrons. The minimum atomic E-state index is -2.74. The average molecular weight is 250 g/mol. The maximum absolute atomic E-state index is 11.1. The van der Waals surface area contributed by atoms with Gasteiger partial charge in [0.2, 0.25) is 0 Å². The summed E-state index contributed by atoms with van der Waals surface area (Å²) in [6, 6.07) is 0. The number of carboxylic acids is 2. The molecule has 2 atom stereocenters. The lowest BCUT2D eigenvalue weighted by Crippen LogP contribution is -2.43. The minimum Gasteiger partial charge on any atom is -0.481 e. The van der Waals surface area contributed by atoms with E-state index in [1.165, 1.54) is 6.92 Å². The van der Waals surface area contributed by atoms with Crippen LogP contribution in [0.3, 0.4) is 0 Å². The lowest BCUT2D eigenvalue weighted by Gasteiger charge is -2.21. The molecule has 0 radical (unpaired) electrons. The van der Waals surface area contributed by atoms with Crippen LogP contribution in [-0.4, -0.2) is 50.2 Å². The number of rotatable bonds is 7. The lowest BCUT2D eigenvalue weighted by atomic mass is 9.96. The van der Waals surface area contributed by atoms with E-state index in [1.807, 2.05) is 0 Å². The number of aliphatic carboxylic acids is 2. The number of hydrogen-bond acceptors (Lipinski definition) is 6. The number of hydrogen-bond donors (Lipinski definition) is 4. The van der Waals surface area contributed by atoms with Gasteiger partial charge < -0.3 is 25.2 Å². The fourth-order valence-electron chi connectivity index (χ4n) is 0.979. The van der Waals surface area contributed by atoms with Crippen molar-refractivity contribution in [3.05, 3.63) is 0 Å². The van der Waals surface area contributed by atoms with E-state index in [-0.39, 0.29) is 6.42 Å². The standard InChI is InChI=1S/C9H14O8/c1-2-6(12)17-7(13)4-9(16,8(14)15)3-5(10)11/h6,12,16H,2-4H2,1H3,(H,10,11)(H,14,15). The molecule has 8 nitrogen and oxygen atoms in total. The molecular weight excluding hydrogens is 236 g/mol. The Bertz CT molecular complexity index is 312. The zero-order chi connectivity index (χ0) is 13.6. The molecule has 0 aliphatic carbocycles. The predicted octanol–water partition coefficient (Wildman–Crippen LogP) is -1.06. The van der Waals surface area contributed by atoms with Gasteiger partial charge in [-0.25, -0.2) is 4.79 Å². The Morgan fingerprint density at radius 3 is 2.12 bits per heavy atom. The van der Waals surface area contributed by atoms with E-state index >= 15 is 0 Å². The second kappa shape index (κ2) is 6.16. The molecule has 0 bridgehead atoms. The monoisotopic (exact) mass is 250 g/mol. The van der Waals surface area contributed by atoms with Crippen molar-refractivity contribution in [2.75, 3.05) is 0 Å². The Kier molecular flexibility index (Phi) is 5.56. The van der Waals surface area contributed by atoms with Gasteiger partial charge >= 0.3 is 17.9 Å². The first kappa shape index (κ1) is 15.3. The Labute approximate surface area is 96.4 Å². The predicted molar refractivity (Wildman–Crippen MR) is 51.8 cm³/mol. The first-order chi connectivity index (χ1) is 7.71. The third-order valence-electron chi connectivity index (χ3n) is 1.90. The lowest BCUT2D eigenvalue weighted by molar-refractivity contribution is -0.182. The van der Waals surface area contributed by atoms with Gasteiger partial charge in [0.05, 0.1) is 12.8 Å². The first-order valence-corrected chi connectivity index (χ1v) is 4.76. The zero-order valence-corrected chi connectivity index (χ0v) is 9.12. The van der Waals surface area contributed by atoms with Crippen LogP contribution < -0.4 is 0 Å². The number of carbonyl (C=O) groups is 3. The van der Waals surface area contributed by atoms with Gasteiger partial charge in [-0.05, 0) is 0 Å². The third-order valence-corrected chi connectivity index (χ3v) is 1.90. The summed E-state index contributed by atoms with van der Waals surface area (Å²) in [5.74, 6) is -4.60. The van der Waals surface area contributed by atoms with Crippen LogP contribution in [0.2, 0.25) is 0 Å². The molecule has 0 rings (SSSR count). The van der Waals surface area contributed by atoms with Gasteiger partial charge in [0, 0.05) is 6.42 Å². The highest BCUT2D eigenvalue weighted by Crippen LogP contribution is 2.17. The van der Waals surface area contributed by atoms with Crippen molar-refractivity contribution in [2.45, 2.75) is 38.1 Å². The molecule has 0 aliphatic rings. The molecule has 4 N–H and O–H groups in total. The normalized spacial score (nSPS) is 15.7. The maximum Gasteiger partial charge on any atom is 0.336 e. The fourth-order valence-corrected chi connectivity index (χ4v) is 0.979. The Balaban J connectivity index is 4.60. The highest BCUT2D eigenvalue weighted by Gasteiger charge is 2.41. The van der Waals surface area contributed by atoms with E-state index in [2.05, 4.69) is 4.74 Å². The molecular formula is C9H14O8. The summed E-state index contributed by atoms with van der Waals surface area (Å²) in [6.45, 7) is 1.51. The van der Waals surface area contributed by atoms with Crippen molar-refractivity contribution >= 4 is 17.9 Å². The summed E-state index contributed by atoms with van der Waals surface area (Å²) in [5.41, 5.74) is -2.74. The average Bonchev–Trinajstić information content (AvgIpc) is 2.15. The fraction of sp³-hybridized carbons (Fsp3) is 0.667. The first-order valence-electron chi connectivity index (χ1n) is 4.76. The highest BCUT2D eigenvalue weighted by molar-refractivity contribution is 5.88. The molecule has 0 aromatic rings. The summed E-state index contributed by atoms with van der Waals surface area (Å²) >= 11 is 0. The van der Waals surface area contributed by atoms with E-state index < -0.39 is 42.6 Å². The van der Waals surface area contributed by atoms with Gasteiger partial charge in [-0.15, -0.1) is 0 Å². The van der Waals surface area contributed by atoms with Gasteiger partial charge in [-0.2, -0.15) is 0 Å². The quantitative estimate of drug-likeness (QED) is 0.331.